The zero-order valence-corrected chi connectivity index (χ0v) is 15.3. The monoisotopic (exact) mass is 351 g/mol. The lowest BCUT2D eigenvalue weighted by atomic mass is 10.1. The molecule has 0 aliphatic heterocycles. The van der Waals surface area contributed by atoms with E-state index in [9.17, 15) is 9.59 Å². The predicted octanol–water partition coefficient (Wildman–Crippen LogP) is 2.82. The Morgan fingerprint density at radius 1 is 1.04 bits per heavy atom. The average molecular weight is 351 g/mol. The molecule has 0 bridgehead atoms. The zero-order valence-electron chi connectivity index (χ0n) is 15.3. The third kappa shape index (κ3) is 5.43. The van der Waals surface area contributed by atoms with Gasteiger partial charge in [-0.05, 0) is 62.3 Å². The van der Waals surface area contributed by atoms with Crippen LogP contribution < -0.4 is 10.6 Å². The van der Waals surface area contributed by atoms with E-state index in [1.807, 2.05) is 62.6 Å². The standard InChI is InChI=1S/C21H25N3O2/c1-24(2)14-16-4-3-5-17(12-16)21(26)23-19-8-6-15(7-9-19)13-20(25)22-18-10-11-18/h3-9,12,18H,10-11,13-14H2,1-2H3,(H,22,25)(H,23,26). The number of nitrogens with zero attached hydrogens (tertiary/aromatic N) is 1. The van der Waals surface area contributed by atoms with Gasteiger partial charge in [0.25, 0.3) is 5.91 Å². The van der Waals surface area contributed by atoms with Crippen molar-refractivity contribution in [3.8, 4) is 0 Å². The van der Waals surface area contributed by atoms with Gasteiger partial charge in [0.05, 0.1) is 6.42 Å². The summed E-state index contributed by atoms with van der Waals surface area (Å²) in [6.45, 7) is 0.790. The summed E-state index contributed by atoms with van der Waals surface area (Å²) < 4.78 is 0. The molecule has 26 heavy (non-hydrogen) atoms. The maximum absolute atomic E-state index is 12.5. The maximum Gasteiger partial charge on any atom is 0.255 e. The first-order valence-electron chi connectivity index (χ1n) is 8.93. The smallest absolute Gasteiger partial charge is 0.255 e. The van der Waals surface area contributed by atoms with E-state index < -0.39 is 0 Å². The van der Waals surface area contributed by atoms with Crippen LogP contribution in [0.1, 0.15) is 34.3 Å². The first-order valence-corrected chi connectivity index (χ1v) is 8.93. The fourth-order valence-electron chi connectivity index (χ4n) is 2.78. The third-order valence-electron chi connectivity index (χ3n) is 4.21. The quantitative estimate of drug-likeness (QED) is 0.806. The molecule has 2 amide bonds. The fourth-order valence-corrected chi connectivity index (χ4v) is 2.78. The summed E-state index contributed by atoms with van der Waals surface area (Å²) in [5, 5.41) is 5.89. The van der Waals surface area contributed by atoms with E-state index in [1.54, 1.807) is 0 Å². The largest absolute Gasteiger partial charge is 0.353 e. The van der Waals surface area contributed by atoms with E-state index in [2.05, 4.69) is 15.5 Å². The lowest BCUT2D eigenvalue weighted by molar-refractivity contribution is -0.120. The summed E-state index contributed by atoms with van der Waals surface area (Å²) >= 11 is 0. The Kier molecular flexibility index (Phi) is 5.68. The molecule has 1 aliphatic carbocycles. The molecule has 5 heteroatoms. The molecule has 2 aromatic rings. The van der Waals surface area contributed by atoms with E-state index in [0.717, 1.165) is 36.2 Å². The second-order valence-corrected chi connectivity index (χ2v) is 7.11. The van der Waals surface area contributed by atoms with Gasteiger partial charge in [0.1, 0.15) is 0 Å². The Bertz CT molecular complexity index is 780. The molecule has 0 aromatic heterocycles. The summed E-state index contributed by atoms with van der Waals surface area (Å²) in [6, 6.07) is 15.4. The van der Waals surface area contributed by atoms with Gasteiger partial charge in [0.2, 0.25) is 5.91 Å². The van der Waals surface area contributed by atoms with Crippen molar-refractivity contribution in [1.82, 2.24) is 10.2 Å². The first kappa shape index (κ1) is 18.1. The highest BCUT2D eigenvalue weighted by atomic mass is 16.2. The van der Waals surface area contributed by atoms with Gasteiger partial charge >= 0.3 is 0 Å². The van der Waals surface area contributed by atoms with Crippen molar-refractivity contribution in [3.05, 3.63) is 65.2 Å². The van der Waals surface area contributed by atoms with Crippen LogP contribution in [0.25, 0.3) is 0 Å². The molecule has 1 saturated carbocycles. The van der Waals surface area contributed by atoms with E-state index >= 15 is 0 Å². The summed E-state index contributed by atoms with van der Waals surface area (Å²) in [5.74, 6) is -0.0770. The van der Waals surface area contributed by atoms with Crippen LogP contribution in [0.4, 0.5) is 5.69 Å². The third-order valence-corrected chi connectivity index (χ3v) is 4.21. The van der Waals surface area contributed by atoms with E-state index in [0.29, 0.717) is 18.0 Å². The van der Waals surface area contributed by atoms with Crippen LogP contribution in [0.3, 0.4) is 0 Å². The average Bonchev–Trinajstić information content (AvgIpc) is 3.40. The van der Waals surface area contributed by atoms with Gasteiger partial charge in [-0.15, -0.1) is 0 Å². The minimum absolute atomic E-state index is 0.0574. The first-order chi connectivity index (χ1) is 12.5. The number of amides is 2. The lowest BCUT2D eigenvalue weighted by Crippen LogP contribution is -2.26. The summed E-state index contributed by atoms with van der Waals surface area (Å²) in [5.41, 5.74) is 3.39. The normalized spacial score (nSPS) is 13.5. The highest BCUT2D eigenvalue weighted by molar-refractivity contribution is 6.04. The molecule has 5 nitrogen and oxygen atoms in total. The topological polar surface area (TPSA) is 61.4 Å². The molecule has 0 heterocycles. The second-order valence-electron chi connectivity index (χ2n) is 7.11. The number of carbonyl (C=O) groups is 2. The highest BCUT2D eigenvalue weighted by Crippen LogP contribution is 2.19. The maximum atomic E-state index is 12.5. The molecule has 0 radical (unpaired) electrons. The van der Waals surface area contributed by atoms with Gasteiger partial charge in [-0.3, -0.25) is 9.59 Å². The Morgan fingerprint density at radius 2 is 1.77 bits per heavy atom. The summed E-state index contributed by atoms with van der Waals surface area (Å²) in [7, 11) is 4.00. The molecule has 0 atom stereocenters. The minimum Gasteiger partial charge on any atom is -0.353 e. The fraction of sp³-hybridized carbons (Fsp3) is 0.333. The number of benzene rings is 2. The molecule has 2 N–H and O–H groups in total. The number of anilines is 1. The Hall–Kier alpha value is -2.66. The van der Waals surface area contributed by atoms with Crippen LogP contribution in [-0.2, 0) is 17.8 Å². The van der Waals surface area contributed by atoms with Crippen molar-refractivity contribution in [2.24, 2.45) is 0 Å². The number of carbonyl (C=O) groups excluding carboxylic acids is 2. The van der Waals surface area contributed by atoms with E-state index in [4.69, 9.17) is 0 Å². The number of hydrogen-bond acceptors (Lipinski definition) is 3. The van der Waals surface area contributed by atoms with Crippen molar-refractivity contribution in [2.75, 3.05) is 19.4 Å². The molecular formula is C21H25N3O2. The Balaban J connectivity index is 1.57. The second kappa shape index (κ2) is 8.15. The van der Waals surface area contributed by atoms with Gasteiger partial charge in [-0.25, -0.2) is 0 Å². The SMILES string of the molecule is CN(C)Cc1cccc(C(=O)Nc2ccc(CC(=O)NC3CC3)cc2)c1. The van der Waals surface area contributed by atoms with Gasteiger partial charge in [-0.1, -0.05) is 24.3 Å². The summed E-state index contributed by atoms with van der Waals surface area (Å²) in [6.07, 6.45) is 2.55. The number of hydrogen-bond donors (Lipinski definition) is 2. The van der Waals surface area contributed by atoms with Crippen molar-refractivity contribution in [3.63, 3.8) is 0 Å². The lowest BCUT2D eigenvalue weighted by Gasteiger charge is -2.11. The van der Waals surface area contributed by atoms with Crippen LogP contribution in [0.5, 0.6) is 0 Å². The van der Waals surface area contributed by atoms with Gasteiger partial charge in [-0.2, -0.15) is 0 Å². The van der Waals surface area contributed by atoms with E-state index in [-0.39, 0.29) is 11.8 Å². The van der Waals surface area contributed by atoms with Crippen molar-refractivity contribution in [2.45, 2.75) is 31.8 Å². The molecule has 0 saturated heterocycles. The van der Waals surface area contributed by atoms with Gasteiger partial charge in [0.15, 0.2) is 0 Å². The molecule has 2 aromatic carbocycles. The number of nitrogens with one attached hydrogen (secondary N) is 2. The van der Waals surface area contributed by atoms with Gasteiger partial charge < -0.3 is 15.5 Å². The van der Waals surface area contributed by atoms with E-state index in [1.165, 1.54) is 0 Å². The van der Waals surface area contributed by atoms with Crippen LogP contribution in [-0.4, -0.2) is 36.9 Å². The van der Waals surface area contributed by atoms with Crippen molar-refractivity contribution in [1.29, 1.82) is 0 Å². The van der Waals surface area contributed by atoms with Crippen molar-refractivity contribution >= 4 is 17.5 Å². The molecule has 136 valence electrons. The Morgan fingerprint density at radius 3 is 2.42 bits per heavy atom. The highest BCUT2D eigenvalue weighted by Gasteiger charge is 2.23. The Labute approximate surface area is 154 Å². The molecule has 0 spiro atoms. The molecule has 0 unspecified atom stereocenters. The molecular weight excluding hydrogens is 326 g/mol. The van der Waals surface area contributed by atoms with Crippen molar-refractivity contribution < 1.29 is 9.59 Å². The van der Waals surface area contributed by atoms with Crippen LogP contribution >= 0.6 is 0 Å². The zero-order chi connectivity index (χ0) is 18.5. The summed E-state index contributed by atoms with van der Waals surface area (Å²) in [4.78, 5) is 26.4. The molecule has 1 fully saturated rings. The molecule has 3 rings (SSSR count). The molecule has 1 aliphatic rings. The predicted molar refractivity (Wildman–Crippen MR) is 103 cm³/mol. The van der Waals surface area contributed by atoms with Crippen LogP contribution in [0, 0.1) is 0 Å². The van der Waals surface area contributed by atoms with Crippen LogP contribution in [0.2, 0.25) is 0 Å². The minimum atomic E-state index is -0.134. The van der Waals surface area contributed by atoms with Gasteiger partial charge in [0, 0.05) is 23.8 Å². The van der Waals surface area contributed by atoms with Crippen LogP contribution in [0.15, 0.2) is 48.5 Å². The number of rotatable bonds is 7.